The maximum Gasteiger partial charge on any atom is 0.351 e. The van der Waals surface area contributed by atoms with Crippen LogP contribution in [0.3, 0.4) is 0 Å². The van der Waals surface area contributed by atoms with Crippen molar-refractivity contribution in [1.82, 2.24) is 9.55 Å². The summed E-state index contributed by atoms with van der Waals surface area (Å²) in [5, 5.41) is 36.8. The predicted octanol–water partition coefficient (Wildman–Crippen LogP) is -2.34. The molecule has 1 aliphatic heterocycles. The van der Waals surface area contributed by atoms with Crippen LogP contribution in [0.4, 0.5) is 5.82 Å². The summed E-state index contributed by atoms with van der Waals surface area (Å²) in [6, 6.07) is 1.29. The van der Waals surface area contributed by atoms with Gasteiger partial charge in [-0.2, -0.15) is 4.98 Å². The number of rotatable bonds is 3. The Kier molecular flexibility index (Phi) is 3.59. The van der Waals surface area contributed by atoms with Crippen molar-refractivity contribution in [2.24, 2.45) is 0 Å². The summed E-state index contributed by atoms with van der Waals surface area (Å²) in [7, 11) is 0. The number of hydrogen-bond acceptors (Lipinski definition) is 8. The van der Waals surface area contributed by atoms with Crippen LogP contribution in [0.15, 0.2) is 17.1 Å². The van der Waals surface area contributed by atoms with E-state index in [1.54, 1.807) is 5.48 Å². The molecule has 0 spiro atoms. The first-order chi connectivity index (χ1) is 8.58. The lowest BCUT2D eigenvalue weighted by Crippen LogP contribution is -2.36. The molecule has 0 saturated carbocycles. The van der Waals surface area contributed by atoms with Crippen molar-refractivity contribution in [1.29, 1.82) is 0 Å². The average Bonchev–Trinajstić information content (AvgIpc) is 2.66. The molecule has 0 unspecified atom stereocenters. The van der Waals surface area contributed by atoms with Gasteiger partial charge in [0, 0.05) is 6.20 Å². The van der Waals surface area contributed by atoms with Crippen LogP contribution < -0.4 is 11.2 Å². The van der Waals surface area contributed by atoms with Gasteiger partial charge in [0.25, 0.3) is 0 Å². The van der Waals surface area contributed by atoms with Crippen molar-refractivity contribution < 1.29 is 25.3 Å². The second-order valence-electron chi connectivity index (χ2n) is 3.84. The van der Waals surface area contributed by atoms with Crippen LogP contribution in [0.1, 0.15) is 6.23 Å². The summed E-state index contributed by atoms with van der Waals surface area (Å²) in [6.45, 7) is -0.479. The van der Waals surface area contributed by atoms with Crippen LogP contribution in [0.25, 0.3) is 0 Å². The van der Waals surface area contributed by atoms with E-state index in [2.05, 4.69) is 4.98 Å². The van der Waals surface area contributed by atoms with Crippen LogP contribution in [-0.2, 0) is 4.74 Å². The first kappa shape index (κ1) is 12.9. The Morgan fingerprint density at radius 1 is 1.44 bits per heavy atom. The summed E-state index contributed by atoms with van der Waals surface area (Å²) in [4.78, 5) is 15.1. The number of aromatic nitrogens is 2. The topological polar surface area (TPSA) is 137 Å². The molecular formula is C9H13N3O6. The molecule has 9 nitrogen and oxygen atoms in total. The Labute approximate surface area is 101 Å². The van der Waals surface area contributed by atoms with E-state index in [0.717, 1.165) is 4.57 Å². The zero-order valence-corrected chi connectivity index (χ0v) is 9.17. The molecule has 9 heteroatoms. The van der Waals surface area contributed by atoms with E-state index in [4.69, 9.17) is 15.1 Å². The van der Waals surface area contributed by atoms with Gasteiger partial charge in [-0.15, -0.1) is 0 Å². The molecule has 100 valence electrons. The molecule has 18 heavy (non-hydrogen) atoms. The van der Waals surface area contributed by atoms with E-state index in [1.165, 1.54) is 12.3 Å². The summed E-state index contributed by atoms with van der Waals surface area (Å²) in [5.41, 5.74) is 0.934. The van der Waals surface area contributed by atoms with Crippen LogP contribution in [0, 0.1) is 0 Å². The minimum atomic E-state index is -1.35. The number of ether oxygens (including phenoxy) is 1. The predicted molar refractivity (Wildman–Crippen MR) is 56.9 cm³/mol. The molecule has 1 saturated heterocycles. The minimum absolute atomic E-state index is 0.0528. The lowest BCUT2D eigenvalue weighted by Gasteiger charge is -2.16. The van der Waals surface area contributed by atoms with Crippen molar-refractivity contribution >= 4 is 5.82 Å². The van der Waals surface area contributed by atoms with Crippen molar-refractivity contribution in [3.63, 3.8) is 0 Å². The number of anilines is 1. The van der Waals surface area contributed by atoms with Gasteiger partial charge in [-0.1, -0.05) is 0 Å². The van der Waals surface area contributed by atoms with E-state index >= 15 is 0 Å². The first-order valence-electron chi connectivity index (χ1n) is 5.20. The minimum Gasteiger partial charge on any atom is -0.394 e. The largest absolute Gasteiger partial charge is 0.394 e. The Bertz CT molecular complexity index is 478. The number of nitrogens with zero attached hydrogens (tertiary/aromatic N) is 2. The zero-order valence-electron chi connectivity index (χ0n) is 9.17. The Balaban J connectivity index is 2.30. The first-order valence-corrected chi connectivity index (χ1v) is 5.20. The van der Waals surface area contributed by atoms with Crippen molar-refractivity contribution in [2.45, 2.75) is 24.5 Å². The summed E-state index contributed by atoms with van der Waals surface area (Å²) in [6.07, 6.45) is -3.50. The lowest BCUT2D eigenvalue weighted by atomic mass is 10.1. The van der Waals surface area contributed by atoms with Crippen molar-refractivity contribution in [2.75, 3.05) is 12.1 Å². The summed E-state index contributed by atoms with van der Waals surface area (Å²) in [5.74, 6) is -0.0528. The summed E-state index contributed by atoms with van der Waals surface area (Å²) < 4.78 is 6.13. The van der Waals surface area contributed by atoms with Gasteiger partial charge in [0.1, 0.15) is 18.3 Å². The highest BCUT2D eigenvalue weighted by molar-refractivity contribution is 5.28. The third-order valence-corrected chi connectivity index (χ3v) is 2.74. The second kappa shape index (κ2) is 5.00. The maximum absolute atomic E-state index is 11.6. The van der Waals surface area contributed by atoms with Gasteiger partial charge in [-0.25, -0.2) is 4.79 Å². The number of nitrogens with one attached hydrogen (secondary N) is 1. The average molecular weight is 262 g/mol. The van der Waals surface area contributed by atoms with Gasteiger partial charge in [0.15, 0.2) is 12.0 Å². The standard InChI is InChI=1S/C9H13N3O6/c13-3-4-6(14)7(15)8(18-4)12-2-1-5(11-17)10-9(12)16/h1-2,4,6-8,13-15,17H,3H2,(H,10,11,16)/t4-,6-,7-,8-/m1/s1/i9+1,10+1,12+1. The van der Waals surface area contributed by atoms with Gasteiger partial charge < -0.3 is 20.1 Å². The fourth-order valence-electron chi connectivity index (χ4n) is 1.78. The molecule has 2 rings (SSSR count). The molecular weight excluding hydrogens is 249 g/mol. The van der Waals surface area contributed by atoms with Gasteiger partial charge in [-0.3, -0.25) is 15.3 Å². The third kappa shape index (κ3) is 2.09. The normalized spacial score (nSPS) is 31.6. The number of aliphatic hydroxyl groups is 3. The fraction of sp³-hybridized carbons (Fsp3) is 0.556. The SMILES string of the molecule is O=[13c]1[15n]c(NO)cc[15n]1[C@@H]1O[C@H](CO)[C@@H](O)[C@H]1O. The monoisotopic (exact) mass is 262 g/mol. The van der Waals surface area contributed by atoms with E-state index < -0.39 is 36.8 Å². The van der Waals surface area contributed by atoms with Crippen LogP contribution in [-0.4, -0.2) is 55.0 Å². The van der Waals surface area contributed by atoms with E-state index in [-0.39, 0.29) is 5.82 Å². The molecule has 0 bridgehead atoms. The highest BCUT2D eigenvalue weighted by Crippen LogP contribution is 2.27. The molecule has 5 N–H and O–H groups in total. The highest BCUT2D eigenvalue weighted by atomic mass is 16.6. The molecule has 0 aromatic carbocycles. The Morgan fingerprint density at radius 3 is 2.67 bits per heavy atom. The van der Waals surface area contributed by atoms with Crippen LogP contribution >= 0.6 is 0 Å². The molecule has 0 amide bonds. The zero-order chi connectivity index (χ0) is 13.3. The van der Waals surface area contributed by atoms with Crippen molar-refractivity contribution in [3.8, 4) is 0 Å². The van der Waals surface area contributed by atoms with E-state index in [1.807, 2.05) is 0 Å². The summed E-state index contributed by atoms with van der Waals surface area (Å²) >= 11 is 0. The van der Waals surface area contributed by atoms with Gasteiger partial charge >= 0.3 is 5.69 Å². The molecule has 1 aromatic rings. The quantitative estimate of drug-likeness (QED) is 0.382. The second-order valence-corrected chi connectivity index (χ2v) is 3.84. The lowest BCUT2D eigenvalue weighted by molar-refractivity contribution is -0.0549. The Hall–Kier alpha value is -1.52. The van der Waals surface area contributed by atoms with Crippen LogP contribution in [0.2, 0.25) is 0 Å². The third-order valence-electron chi connectivity index (χ3n) is 2.74. The number of hydrogen-bond donors (Lipinski definition) is 5. The maximum atomic E-state index is 11.6. The van der Waals surface area contributed by atoms with Gasteiger partial charge in [0.2, 0.25) is 0 Å². The molecule has 0 radical (unpaired) electrons. The van der Waals surface area contributed by atoms with E-state index in [0.29, 0.717) is 0 Å². The highest BCUT2D eigenvalue weighted by Gasteiger charge is 2.43. The fourth-order valence-corrected chi connectivity index (χ4v) is 1.78. The van der Waals surface area contributed by atoms with Gasteiger partial charge in [0.05, 0.1) is 6.61 Å². The number of aliphatic hydroxyl groups excluding tert-OH is 3. The molecule has 0 aliphatic carbocycles. The van der Waals surface area contributed by atoms with Crippen molar-refractivity contribution in [3.05, 3.63) is 22.7 Å². The molecule has 4 atom stereocenters. The molecule has 1 aliphatic rings. The van der Waals surface area contributed by atoms with Gasteiger partial charge in [-0.05, 0) is 6.07 Å². The van der Waals surface area contributed by atoms with E-state index in [9.17, 15) is 15.0 Å². The molecule has 1 aromatic heterocycles. The molecule has 1 fully saturated rings. The smallest absolute Gasteiger partial charge is 0.351 e. The molecule has 2 heterocycles. The Morgan fingerprint density at radius 2 is 2.17 bits per heavy atom. The van der Waals surface area contributed by atoms with Crippen LogP contribution in [0.5, 0.6) is 0 Å².